The molecule has 1 aliphatic heterocycles. The van der Waals surface area contributed by atoms with Crippen molar-refractivity contribution in [2.75, 3.05) is 18.8 Å². The number of carbonyl (C=O) groups is 1. The lowest BCUT2D eigenvalue weighted by Gasteiger charge is -2.31. The number of oxime groups is 1. The summed E-state index contributed by atoms with van der Waals surface area (Å²) in [6.07, 6.45) is 2.50. The van der Waals surface area contributed by atoms with Crippen LogP contribution >= 0.6 is 11.8 Å². The SMILES string of the molecule is CCC1CN(C(=O)c2ccc(/C(N)=N/O)cn2)CCS1. The first-order valence-electron chi connectivity index (χ1n) is 6.50. The molecule has 3 N–H and O–H groups in total. The van der Waals surface area contributed by atoms with E-state index in [2.05, 4.69) is 17.1 Å². The lowest BCUT2D eigenvalue weighted by molar-refractivity contribution is 0.0755. The Labute approximate surface area is 122 Å². The summed E-state index contributed by atoms with van der Waals surface area (Å²) in [5, 5.41) is 12.0. The van der Waals surface area contributed by atoms with Gasteiger partial charge in [0.1, 0.15) is 5.69 Å². The topological polar surface area (TPSA) is 91.8 Å². The van der Waals surface area contributed by atoms with Gasteiger partial charge in [0.2, 0.25) is 0 Å². The van der Waals surface area contributed by atoms with Crippen LogP contribution in [0, 0.1) is 0 Å². The van der Waals surface area contributed by atoms with E-state index >= 15 is 0 Å². The number of carbonyl (C=O) groups excluding carboxylic acids is 1. The Morgan fingerprint density at radius 2 is 2.45 bits per heavy atom. The second-order valence-electron chi connectivity index (χ2n) is 4.57. The van der Waals surface area contributed by atoms with E-state index in [9.17, 15) is 4.79 Å². The number of rotatable bonds is 3. The number of amides is 1. The first-order valence-corrected chi connectivity index (χ1v) is 7.55. The van der Waals surface area contributed by atoms with Crippen molar-refractivity contribution in [1.82, 2.24) is 9.88 Å². The third kappa shape index (κ3) is 3.22. The second-order valence-corrected chi connectivity index (χ2v) is 5.98. The molecule has 2 heterocycles. The van der Waals surface area contributed by atoms with E-state index in [1.165, 1.54) is 6.20 Å². The van der Waals surface area contributed by atoms with Crippen LogP contribution in [0.4, 0.5) is 0 Å². The minimum absolute atomic E-state index is 0.0167. The smallest absolute Gasteiger partial charge is 0.272 e. The molecule has 7 heteroatoms. The monoisotopic (exact) mass is 294 g/mol. The highest BCUT2D eigenvalue weighted by atomic mass is 32.2. The van der Waals surface area contributed by atoms with Gasteiger partial charge in [0.05, 0.1) is 0 Å². The van der Waals surface area contributed by atoms with Crippen LogP contribution < -0.4 is 5.73 Å². The molecule has 0 aliphatic carbocycles. The highest BCUT2D eigenvalue weighted by Gasteiger charge is 2.24. The molecule has 6 nitrogen and oxygen atoms in total. The molecule has 1 aromatic heterocycles. The van der Waals surface area contributed by atoms with Gasteiger partial charge in [-0.2, -0.15) is 11.8 Å². The summed E-state index contributed by atoms with van der Waals surface area (Å²) in [5.41, 5.74) is 6.34. The lowest BCUT2D eigenvalue weighted by Crippen LogP contribution is -2.42. The van der Waals surface area contributed by atoms with E-state index in [0.717, 1.165) is 25.3 Å². The van der Waals surface area contributed by atoms with Gasteiger partial charge in [0, 0.05) is 35.9 Å². The highest BCUT2D eigenvalue weighted by molar-refractivity contribution is 8.00. The number of hydrogen-bond acceptors (Lipinski definition) is 5. The Balaban J connectivity index is 2.09. The second kappa shape index (κ2) is 6.60. The maximum absolute atomic E-state index is 12.4. The molecule has 1 atom stereocenters. The van der Waals surface area contributed by atoms with Crippen LogP contribution in [0.25, 0.3) is 0 Å². The fraction of sp³-hybridized carbons (Fsp3) is 0.462. The zero-order chi connectivity index (χ0) is 14.5. The maximum Gasteiger partial charge on any atom is 0.272 e. The third-order valence-corrected chi connectivity index (χ3v) is 4.64. The molecule has 0 aromatic carbocycles. The Kier molecular flexibility index (Phi) is 4.84. The van der Waals surface area contributed by atoms with Gasteiger partial charge in [0.15, 0.2) is 5.84 Å². The molecule has 1 fully saturated rings. The summed E-state index contributed by atoms with van der Waals surface area (Å²) < 4.78 is 0. The number of hydrogen-bond donors (Lipinski definition) is 2. The molecule has 0 saturated carbocycles. The first kappa shape index (κ1) is 14.6. The molecule has 20 heavy (non-hydrogen) atoms. The van der Waals surface area contributed by atoms with Crippen molar-refractivity contribution in [3.63, 3.8) is 0 Å². The number of nitrogens with two attached hydrogens (primary N) is 1. The minimum atomic E-state index is -0.0604. The Morgan fingerprint density at radius 3 is 3.05 bits per heavy atom. The molecular weight excluding hydrogens is 276 g/mol. The molecule has 1 saturated heterocycles. The molecule has 0 bridgehead atoms. The molecule has 1 amide bonds. The Bertz CT molecular complexity index is 504. The van der Waals surface area contributed by atoms with Crippen LogP contribution in [0.5, 0.6) is 0 Å². The number of thioether (sulfide) groups is 1. The van der Waals surface area contributed by atoms with Gasteiger partial charge < -0.3 is 15.8 Å². The average Bonchev–Trinajstić information content (AvgIpc) is 2.53. The van der Waals surface area contributed by atoms with Gasteiger partial charge in [-0.15, -0.1) is 0 Å². The largest absolute Gasteiger partial charge is 0.409 e. The van der Waals surface area contributed by atoms with Gasteiger partial charge in [0.25, 0.3) is 5.91 Å². The van der Waals surface area contributed by atoms with Crippen LogP contribution in [0.15, 0.2) is 23.5 Å². The van der Waals surface area contributed by atoms with Crippen LogP contribution in [-0.2, 0) is 0 Å². The number of nitrogens with zero attached hydrogens (tertiary/aromatic N) is 3. The van der Waals surface area contributed by atoms with Crippen molar-refractivity contribution < 1.29 is 10.0 Å². The van der Waals surface area contributed by atoms with Gasteiger partial charge in [-0.25, -0.2) is 0 Å². The van der Waals surface area contributed by atoms with Crippen molar-refractivity contribution in [3.8, 4) is 0 Å². The summed E-state index contributed by atoms with van der Waals surface area (Å²) in [4.78, 5) is 18.3. The lowest BCUT2D eigenvalue weighted by atomic mass is 10.2. The van der Waals surface area contributed by atoms with E-state index in [1.54, 1.807) is 12.1 Å². The zero-order valence-electron chi connectivity index (χ0n) is 11.3. The number of aromatic nitrogens is 1. The Hall–Kier alpha value is -1.76. The summed E-state index contributed by atoms with van der Waals surface area (Å²) >= 11 is 1.91. The summed E-state index contributed by atoms with van der Waals surface area (Å²) in [6, 6.07) is 3.24. The third-order valence-electron chi connectivity index (χ3n) is 3.27. The van der Waals surface area contributed by atoms with Crippen molar-refractivity contribution in [1.29, 1.82) is 0 Å². The fourth-order valence-corrected chi connectivity index (χ4v) is 3.22. The molecule has 2 rings (SSSR count). The van der Waals surface area contributed by atoms with Gasteiger partial charge >= 0.3 is 0 Å². The predicted octanol–water partition coefficient (Wildman–Crippen LogP) is 1.14. The van der Waals surface area contributed by atoms with Crippen molar-refractivity contribution in [2.45, 2.75) is 18.6 Å². The van der Waals surface area contributed by atoms with Gasteiger partial charge in [-0.05, 0) is 18.6 Å². The predicted molar refractivity (Wildman–Crippen MR) is 79.2 cm³/mol. The molecule has 108 valence electrons. The van der Waals surface area contributed by atoms with Crippen LogP contribution in [-0.4, -0.2) is 50.9 Å². The molecule has 0 spiro atoms. The number of pyridine rings is 1. The molecule has 1 unspecified atom stereocenters. The van der Waals surface area contributed by atoms with E-state index in [4.69, 9.17) is 10.9 Å². The van der Waals surface area contributed by atoms with Crippen molar-refractivity contribution >= 4 is 23.5 Å². The van der Waals surface area contributed by atoms with E-state index in [0.29, 0.717) is 16.5 Å². The van der Waals surface area contributed by atoms with E-state index in [1.807, 2.05) is 16.7 Å². The first-order chi connectivity index (χ1) is 9.65. The van der Waals surface area contributed by atoms with E-state index in [-0.39, 0.29) is 11.7 Å². The molecular formula is C13H18N4O2S. The van der Waals surface area contributed by atoms with Crippen molar-refractivity contribution in [2.24, 2.45) is 10.9 Å². The van der Waals surface area contributed by atoms with Crippen LogP contribution in [0.1, 0.15) is 29.4 Å². The molecule has 1 aromatic rings. The van der Waals surface area contributed by atoms with E-state index < -0.39 is 0 Å². The average molecular weight is 294 g/mol. The molecule has 1 aliphatic rings. The summed E-state index contributed by atoms with van der Waals surface area (Å²) in [5.74, 6) is 0.888. The standard InChI is InChI=1S/C13H18N4O2S/c1-2-10-8-17(5-6-20-10)13(18)11-4-3-9(7-15-11)12(14)16-19/h3-4,7,10,19H,2,5-6,8H2,1H3,(H2,14,16). The normalized spacial score (nSPS) is 19.9. The fourth-order valence-electron chi connectivity index (χ4n) is 2.04. The molecule has 0 radical (unpaired) electrons. The Morgan fingerprint density at radius 1 is 1.65 bits per heavy atom. The number of amidine groups is 1. The quantitative estimate of drug-likeness (QED) is 0.377. The summed E-state index contributed by atoms with van der Waals surface area (Å²) in [6.45, 7) is 3.66. The van der Waals surface area contributed by atoms with Crippen LogP contribution in [0.2, 0.25) is 0 Å². The van der Waals surface area contributed by atoms with Crippen molar-refractivity contribution in [3.05, 3.63) is 29.6 Å². The minimum Gasteiger partial charge on any atom is -0.409 e. The van der Waals surface area contributed by atoms with Crippen LogP contribution in [0.3, 0.4) is 0 Å². The zero-order valence-corrected chi connectivity index (χ0v) is 12.1. The highest BCUT2D eigenvalue weighted by Crippen LogP contribution is 2.22. The summed E-state index contributed by atoms with van der Waals surface area (Å²) in [7, 11) is 0. The van der Waals surface area contributed by atoms with Gasteiger partial charge in [-0.3, -0.25) is 9.78 Å². The van der Waals surface area contributed by atoms with Gasteiger partial charge in [-0.1, -0.05) is 12.1 Å². The maximum atomic E-state index is 12.4.